The fraction of sp³-hybridized carbons (Fsp3) is 0.467. The average molecular weight is 523 g/mol. The number of amides is 1. The number of ketones is 1. The number of nitrogens with zero attached hydrogens (tertiary/aromatic N) is 2. The SMILES string of the molecule is CCCOc1ccc(C(O)=C2C(=O)C(=O)N(CCCN3CCOCC3)C2c2cccc(OCCC)c2)cc1. The lowest BCUT2D eigenvalue weighted by Crippen LogP contribution is -2.38. The van der Waals surface area contributed by atoms with Gasteiger partial charge < -0.3 is 24.2 Å². The molecule has 2 aliphatic heterocycles. The summed E-state index contributed by atoms with van der Waals surface area (Å²) >= 11 is 0. The number of ether oxygens (including phenoxy) is 3. The van der Waals surface area contributed by atoms with E-state index in [0.29, 0.717) is 56.5 Å². The molecule has 204 valence electrons. The zero-order chi connectivity index (χ0) is 26.9. The molecule has 1 amide bonds. The van der Waals surface area contributed by atoms with E-state index in [0.717, 1.165) is 38.0 Å². The Hall–Kier alpha value is -3.36. The Morgan fingerprint density at radius 2 is 1.63 bits per heavy atom. The minimum atomic E-state index is -0.708. The highest BCUT2D eigenvalue weighted by Crippen LogP contribution is 2.40. The summed E-state index contributed by atoms with van der Waals surface area (Å²) in [6.45, 7) is 9.55. The number of carbonyl (C=O) groups excluding carboxylic acids is 2. The summed E-state index contributed by atoms with van der Waals surface area (Å²) in [5, 5.41) is 11.4. The van der Waals surface area contributed by atoms with Crippen molar-refractivity contribution in [1.29, 1.82) is 0 Å². The molecule has 2 aromatic rings. The number of aliphatic hydroxyl groups is 1. The molecule has 0 spiro atoms. The molecule has 0 aliphatic carbocycles. The van der Waals surface area contributed by atoms with Crippen molar-refractivity contribution in [1.82, 2.24) is 9.80 Å². The molecule has 0 aromatic heterocycles. The van der Waals surface area contributed by atoms with Crippen LogP contribution in [0.1, 0.15) is 50.3 Å². The van der Waals surface area contributed by atoms with Crippen LogP contribution in [0, 0.1) is 0 Å². The molecule has 0 radical (unpaired) electrons. The third-order valence-corrected chi connectivity index (χ3v) is 6.76. The molecule has 8 nitrogen and oxygen atoms in total. The van der Waals surface area contributed by atoms with Crippen molar-refractivity contribution in [2.24, 2.45) is 0 Å². The van der Waals surface area contributed by atoms with E-state index in [9.17, 15) is 14.7 Å². The summed E-state index contributed by atoms with van der Waals surface area (Å²) in [7, 11) is 0. The highest BCUT2D eigenvalue weighted by atomic mass is 16.5. The van der Waals surface area contributed by atoms with E-state index in [-0.39, 0.29) is 11.3 Å². The molecule has 2 fully saturated rings. The lowest BCUT2D eigenvalue weighted by molar-refractivity contribution is -0.140. The van der Waals surface area contributed by atoms with Crippen molar-refractivity contribution in [3.05, 3.63) is 65.2 Å². The zero-order valence-corrected chi connectivity index (χ0v) is 22.4. The summed E-state index contributed by atoms with van der Waals surface area (Å²) in [4.78, 5) is 30.5. The van der Waals surface area contributed by atoms with Gasteiger partial charge in [-0.2, -0.15) is 0 Å². The Kier molecular flexibility index (Phi) is 9.79. The van der Waals surface area contributed by atoms with E-state index in [1.165, 1.54) is 0 Å². The van der Waals surface area contributed by atoms with Gasteiger partial charge in [-0.25, -0.2) is 0 Å². The third-order valence-electron chi connectivity index (χ3n) is 6.76. The maximum atomic E-state index is 13.4. The topological polar surface area (TPSA) is 88.5 Å². The molecule has 4 rings (SSSR count). The lowest BCUT2D eigenvalue weighted by Gasteiger charge is -2.29. The van der Waals surface area contributed by atoms with E-state index in [4.69, 9.17) is 14.2 Å². The highest BCUT2D eigenvalue weighted by molar-refractivity contribution is 6.46. The normalized spacial score (nSPS) is 19.6. The maximum absolute atomic E-state index is 13.4. The van der Waals surface area contributed by atoms with E-state index in [1.54, 1.807) is 29.2 Å². The number of likely N-dealkylation sites (tertiary alicyclic amines) is 1. The number of benzene rings is 2. The van der Waals surface area contributed by atoms with E-state index in [2.05, 4.69) is 4.90 Å². The van der Waals surface area contributed by atoms with Crippen molar-refractivity contribution >= 4 is 17.4 Å². The summed E-state index contributed by atoms with van der Waals surface area (Å²) in [6, 6.07) is 13.7. The molecule has 1 N–H and O–H groups in total. The van der Waals surface area contributed by atoms with Gasteiger partial charge in [0.25, 0.3) is 11.7 Å². The second-order valence-electron chi connectivity index (χ2n) is 9.59. The fourth-order valence-electron chi connectivity index (χ4n) is 4.83. The van der Waals surface area contributed by atoms with Crippen molar-refractivity contribution in [2.45, 2.75) is 39.2 Å². The second-order valence-corrected chi connectivity index (χ2v) is 9.59. The molecule has 2 aliphatic rings. The van der Waals surface area contributed by atoms with Crippen LogP contribution in [0.15, 0.2) is 54.1 Å². The first-order valence-electron chi connectivity index (χ1n) is 13.6. The van der Waals surface area contributed by atoms with E-state index < -0.39 is 17.7 Å². The van der Waals surface area contributed by atoms with Crippen LogP contribution in [0.4, 0.5) is 0 Å². The molecule has 2 aromatic carbocycles. The number of hydrogen-bond acceptors (Lipinski definition) is 7. The third kappa shape index (κ3) is 6.55. The van der Waals surface area contributed by atoms with Crippen LogP contribution < -0.4 is 9.47 Å². The highest BCUT2D eigenvalue weighted by Gasteiger charge is 2.46. The number of morpholine rings is 1. The number of rotatable bonds is 12. The predicted octanol–water partition coefficient (Wildman–Crippen LogP) is 4.41. The van der Waals surface area contributed by atoms with Crippen LogP contribution in [0.3, 0.4) is 0 Å². The van der Waals surface area contributed by atoms with Gasteiger partial charge in [-0.3, -0.25) is 14.5 Å². The Bertz CT molecular complexity index is 1120. The van der Waals surface area contributed by atoms with Gasteiger partial charge in [0.2, 0.25) is 0 Å². The molecular formula is C30H38N2O6. The number of carbonyl (C=O) groups is 2. The quantitative estimate of drug-likeness (QED) is 0.251. The van der Waals surface area contributed by atoms with Gasteiger partial charge in [-0.05, 0) is 61.2 Å². The largest absolute Gasteiger partial charge is 0.507 e. The van der Waals surface area contributed by atoms with Crippen LogP contribution in [0.2, 0.25) is 0 Å². The summed E-state index contributed by atoms with van der Waals surface area (Å²) in [5.74, 6) is -0.109. The monoisotopic (exact) mass is 522 g/mol. The molecule has 2 heterocycles. The standard InChI is InChI=1S/C30H38N2O6/c1-3-17-37-24-11-9-22(10-12-24)28(33)26-27(23-7-5-8-25(21-23)38-18-4-2)32(30(35)29(26)34)14-6-13-31-15-19-36-20-16-31/h5,7-12,21,27,33H,3-4,6,13-20H2,1-2H3. The van der Waals surface area contributed by atoms with Gasteiger partial charge in [0, 0.05) is 31.7 Å². The Morgan fingerprint density at radius 1 is 0.947 bits per heavy atom. The average Bonchev–Trinajstić information content (AvgIpc) is 3.20. The van der Waals surface area contributed by atoms with Crippen molar-refractivity contribution < 1.29 is 28.9 Å². The van der Waals surface area contributed by atoms with Crippen molar-refractivity contribution in [2.75, 3.05) is 52.6 Å². The summed E-state index contributed by atoms with van der Waals surface area (Å²) in [5.41, 5.74) is 1.29. The lowest BCUT2D eigenvalue weighted by atomic mass is 9.95. The maximum Gasteiger partial charge on any atom is 0.295 e. The molecular weight excluding hydrogens is 484 g/mol. The second kappa shape index (κ2) is 13.4. The molecule has 8 heteroatoms. The first-order valence-corrected chi connectivity index (χ1v) is 13.6. The molecule has 0 saturated carbocycles. The predicted molar refractivity (Wildman–Crippen MR) is 145 cm³/mol. The Morgan fingerprint density at radius 3 is 2.32 bits per heavy atom. The van der Waals surface area contributed by atoms with Crippen molar-refractivity contribution in [3.8, 4) is 11.5 Å². The summed E-state index contributed by atoms with van der Waals surface area (Å²) < 4.78 is 16.9. The van der Waals surface area contributed by atoms with Crippen LogP contribution in [-0.4, -0.2) is 79.2 Å². The first kappa shape index (κ1) is 27.7. The fourth-order valence-corrected chi connectivity index (χ4v) is 4.83. The minimum absolute atomic E-state index is 0.0937. The smallest absolute Gasteiger partial charge is 0.295 e. The van der Waals surface area contributed by atoms with E-state index >= 15 is 0 Å². The zero-order valence-electron chi connectivity index (χ0n) is 22.4. The van der Waals surface area contributed by atoms with Crippen LogP contribution in [0.25, 0.3) is 5.76 Å². The molecule has 1 unspecified atom stereocenters. The number of hydrogen-bond donors (Lipinski definition) is 1. The number of aliphatic hydroxyl groups excluding tert-OH is 1. The number of Topliss-reactive ketones (excluding diaryl/α,β-unsaturated/α-hetero) is 1. The van der Waals surface area contributed by atoms with Crippen LogP contribution in [0.5, 0.6) is 11.5 Å². The van der Waals surface area contributed by atoms with E-state index in [1.807, 2.05) is 38.1 Å². The van der Waals surface area contributed by atoms with Crippen LogP contribution >= 0.6 is 0 Å². The van der Waals surface area contributed by atoms with Gasteiger partial charge >= 0.3 is 0 Å². The van der Waals surface area contributed by atoms with Gasteiger partial charge in [-0.15, -0.1) is 0 Å². The van der Waals surface area contributed by atoms with Crippen LogP contribution in [-0.2, 0) is 14.3 Å². The summed E-state index contributed by atoms with van der Waals surface area (Å²) in [6.07, 6.45) is 2.46. The molecule has 1 atom stereocenters. The molecule has 2 saturated heterocycles. The van der Waals surface area contributed by atoms with Gasteiger partial charge in [0.1, 0.15) is 17.3 Å². The first-order chi connectivity index (χ1) is 18.5. The Balaban J connectivity index is 1.65. The van der Waals surface area contributed by atoms with Crippen molar-refractivity contribution in [3.63, 3.8) is 0 Å². The molecule has 0 bridgehead atoms. The van der Waals surface area contributed by atoms with Gasteiger partial charge in [0.15, 0.2) is 0 Å². The Labute approximate surface area is 224 Å². The minimum Gasteiger partial charge on any atom is -0.507 e. The molecule has 38 heavy (non-hydrogen) atoms. The van der Waals surface area contributed by atoms with Gasteiger partial charge in [-0.1, -0.05) is 26.0 Å². The van der Waals surface area contributed by atoms with Gasteiger partial charge in [0.05, 0.1) is 38.0 Å².